The van der Waals surface area contributed by atoms with Crippen molar-refractivity contribution >= 4 is 11.5 Å². The van der Waals surface area contributed by atoms with Crippen molar-refractivity contribution in [1.29, 1.82) is 0 Å². The van der Waals surface area contributed by atoms with Crippen LogP contribution in [0.4, 0.5) is 11.5 Å². The Bertz CT molecular complexity index is 345. The molecule has 122 valence electrons. The van der Waals surface area contributed by atoms with Gasteiger partial charge in [-0.3, -0.25) is 0 Å². The predicted octanol–water partition coefficient (Wildman–Crippen LogP) is 5.12. The van der Waals surface area contributed by atoms with Crippen molar-refractivity contribution < 1.29 is 0 Å². The van der Waals surface area contributed by atoms with Crippen LogP contribution in [0.5, 0.6) is 0 Å². The van der Waals surface area contributed by atoms with E-state index in [1.807, 2.05) is 53.8 Å². The molecule has 0 radical (unpaired) electrons. The fraction of sp³-hybridized carbons (Fsp3) is 0.722. The number of nitrogens with zero attached hydrogens (tertiary/aromatic N) is 2. The van der Waals surface area contributed by atoms with E-state index in [0.717, 1.165) is 5.41 Å². The lowest BCUT2D eigenvalue weighted by atomic mass is 9.93. The molecule has 1 spiro atoms. The minimum Gasteiger partial charge on any atom is -0.384 e. The highest BCUT2D eigenvalue weighted by Crippen LogP contribution is 2.53. The van der Waals surface area contributed by atoms with E-state index < -0.39 is 0 Å². The molecule has 3 heteroatoms. The second-order valence-electron chi connectivity index (χ2n) is 4.93. The molecule has 21 heavy (non-hydrogen) atoms. The van der Waals surface area contributed by atoms with Gasteiger partial charge in [-0.15, -0.1) is 0 Å². The maximum atomic E-state index is 5.58. The second-order valence-corrected chi connectivity index (χ2v) is 4.93. The Morgan fingerprint density at radius 2 is 1.43 bits per heavy atom. The molecule has 2 heterocycles. The number of nitrogen functional groups attached to an aromatic ring is 1. The van der Waals surface area contributed by atoms with E-state index in [1.54, 1.807) is 0 Å². The van der Waals surface area contributed by atoms with E-state index in [2.05, 4.69) is 16.0 Å². The first kappa shape index (κ1) is 19.8. The Morgan fingerprint density at radius 1 is 0.905 bits per heavy atom. The number of hydrogen-bond donors (Lipinski definition) is 1. The van der Waals surface area contributed by atoms with E-state index in [9.17, 15) is 0 Å². The summed E-state index contributed by atoms with van der Waals surface area (Å²) in [4.78, 5) is 6.57. The van der Waals surface area contributed by atoms with Crippen molar-refractivity contribution in [2.24, 2.45) is 5.41 Å². The molecule has 1 aromatic heterocycles. The first-order valence-corrected chi connectivity index (χ1v) is 8.74. The number of hydrogen-bond acceptors (Lipinski definition) is 3. The smallest absolute Gasteiger partial charge is 0.123 e. The number of anilines is 2. The summed E-state index contributed by atoms with van der Waals surface area (Å²) in [6.07, 6.45) is 7.52. The van der Waals surface area contributed by atoms with Crippen molar-refractivity contribution in [2.75, 3.05) is 23.7 Å². The van der Waals surface area contributed by atoms with Gasteiger partial charge in [-0.05, 0) is 43.2 Å². The fourth-order valence-corrected chi connectivity index (χ4v) is 2.50. The topological polar surface area (TPSA) is 42.1 Å². The summed E-state index contributed by atoms with van der Waals surface area (Å²) in [5.74, 6) is 0.606. The summed E-state index contributed by atoms with van der Waals surface area (Å²) in [6.45, 7) is 14.4. The highest BCUT2D eigenvalue weighted by Gasteiger charge is 2.44. The second kappa shape index (κ2) is 10.5. The third kappa shape index (κ3) is 5.94. The summed E-state index contributed by atoms with van der Waals surface area (Å²) >= 11 is 0. The van der Waals surface area contributed by atoms with Crippen LogP contribution in [0.1, 0.15) is 67.2 Å². The number of rotatable bonds is 1. The van der Waals surface area contributed by atoms with Crippen molar-refractivity contribution in [3.63, 3.8) is 0 Å². The lowest BCUT2D eigenvalue weighted by Crippen LogP contribution is -2.34. The number of pyridine rings is 1. The van der Waals surface area contributed by atoms with Gasteiger partial charge < -0.3 is 10.6 Å². The summed E-state index contributed by atoms with van der Waals surface area (Å²) in [5, 5.41) is 0. The molecule has 2 N–H and O–H groups in total. The minimum atomic E-state index is 0.606. The molecule has 0 aromatic carbocycles. The number of nitrogens with two attached hydrogens (primary N) is 1. The zero-order chi connectivity index (χ0) is 16.3. The van der Waals surface area contributed by atoms with Gasteiger partial charge >= 0.3 is 0 Å². The number of aromatic nitrogens is 1. The zero-order valence-corrected chi connectivity index (χ0v) is 14.9. The van der Waals surface area contributed by atoms with Gasteiger partial charge in [0.25, 0.3) is 0 Å². The molecule has 2 fully saturated rings. The summed E-state index contributed by atoms with van der Waals surface area (Å²) in [5.41, 5.74) is 7.55. The van der Waals surface area contributed by atoms with E-state index in [-0.39, 0.29) is 0 Å². The molecule has 1 saturated heterocycles. The normalized spacial score (nSPS) is 17.3. The largest absolute Gasteiger partial charge is 0.384 e. The third-order valence-electron chi connectivity index (χ3n) is 3.92. The van der Waals surface area contributed by atoms with E-state index in [4.69, 9.17) is 5.73 Å². The molecule has 0 atom stereocenters. The van der Waals surface area contributed by atoms with Gasteiger partial charge in [0.1, 0.15) is 5.82 Å². The number of piperidine rings is 1. The van der Waals surface area contributed by atoms with Gasteiger partial charge in [0.15, 0.2) is 0 Å². The SMILES string of the molecule is CC.CC.CC.Nc1ccc(N2CCC3(CC2)CC3)cn1. The molecular formula is C18H35N3. The van der Waals surface area contributed by atoms with Gasteiger partial charge in [0.2, 0.25) is 0 Å². The molecule has 0 amide bonds. The van der Waals surface area contributed by atoms with Crippen LogP contribution in [-0.4, -0.2) is 18.1 Å². The fourth-order valence-electron chi connectivity index (χ4n) is 2.50. The Balaban J connectivity index is 0.000000598. The maximum Gasteiger partial charge on any atom is 0.123 e. The minimum absolute atomic E-state index is 0.606. The predicted molar refractivity (Wildman–Crippen MR) is 95.8 cm³/mol. The van der Waals surface area contributed by atoms with Gasteiger partial charge in [0.05, 0.1) is 11.9 Å². The molecule has 0 unspecified atom stereocenters. The Morgan fingerprint density at radius 3 is 1.81 bits per heavy atom. The van der Waals surface area contributed by atoms with Crippen molar-refractivity contribution in [3.8, 4) is 0 Å². The van der Waals surface area contributed by atoms with Gasteiger partial charge in [-0.25, -0.2) is 4.98 Å². The van der Waals surface area contributed by atoms with Crippen molar-refractivity contribution in [2.45, 2.75) is 67.2 Å². The first-order chi connectivity index (χ1) is 10.3. The average Bonchev–Trinajstić information content (AvgIpc) is 3.34. The molecule has 1 aliphatic heterocycles. The van der Waals surface area contributed by atoms with Crippen LogP contribution in [0.2, 0.25) is 0 Å². The molecule has 1 aromatic rings. The van der Waals surface area contributed by atoms with E-state index >= 15 is 0 Å². The molecule has 3 rings (SSSR count). The van der Waals surface area contributed by atoms with Crippen molar-refractivity contribution in [3.05, 3.63) is 18.3 Å². The van der Waals surface area contributed by atoms with E-state index in [0.29, 0.717) is 5.82 Å². The molecule has 0 bridgehead atoms. The molecule has 1 saturated carbocycles. The van der Waals surface area contributed by atoms with Crippen molar-refractivity contribution in [1.82, 2.24) is 4.98 Å². The summed E-state index contributed by atoms with van der Waals surface area (Å²) < 4.78 is 0. The van der Waals surface area contributed by atoms with E-state index in [1.165, 1.54) is 44.5 Å². The maximum absolute atomic E-state index is 5.58. The Hall–Kier alpha value is -1.25. The van der Waals surface area contributed by atoms with Crippen LogP contribution >= 0.6 is 0 Å². The summed E-state index contributed by atoms with van der Waals surface area (Å²) in [7, 11) is 0. The zero-order valence-electron chi connectivity index (χ0n) is 14.9. The highest BCUT2D eigenvalue weighted by atomic mass is 15.1. The van der Waals surface area contributed by atoms with Crippen LogP contribution in [0.15, 0.2) is 18.3 Å². The van der Waals surface area contributed by atoms with Crippen LogP contribution in [0.25, 0.3) is 0 Å². The van der Waals surface area contributed by atoms with Crippen LogP contribution in [0, 0.1) is 5.41 Å². The Kier molecular flexibility index (Phi) is 9.85. The lowest BCUT2D eigenvalue weighted by Gasteiger charge is -2.33. The van der Waals surface area contributed by atoms with Gasteiger partial charge in [-0.2, -0.15) is 0 Å². The summed E-state index contributed by atoms with van der Waals surface area (Å²) in [6, 6.07) is 3.96. The standard InChI is InChI=1S/C12H17N3.3C2H6/c13-11-2-1-10(9-14-11)15-7-5-12(3-4-12)6-8-15;3*1-2/h1-2,9H,3-8H2,(H2,13,14);3*1-2H3. The third-order valence-corrected chi connectivity index (χ3v) is 3.92. The highest BCUT2D eigenvalue weighted by molar-refractivity contribution is 5.48. The van der Waals surface area contributed by atoms with Crippen LogP contribution in [0.3, 0.4) is 0 Å². The van der Waals surface area contributed by atoms with Crippen LogP contribution < -0.4 is 10.6 Å². The quantitative estimate of drug-likeness (QED) is 0.781. The molecule has 2 aliphatic rings. The molecular weight excluding hydrogens is 258 g/mol. The van der Waals surface area contributed by atoms with Gasteiger partial charge in [0, 0.05) is 13.1 Å². The van der Waals surface area contributed by atoms with Crippen LogP contribution in [-0.2, 0) is 0 Å². The first-order valence-electron chi connectivity index (χ1n) is 8.74. The monoisotopic (exact) mass is 293 g/mol. The lowest BCUT2D eigenvalue weighted by molar-refractivity contribution is 0.384. The molecule has 3 nitrogen and oxygen atoms in total. The molecule has 1 aliphatic carbocycles. The Labute approximate surface area is 132 Å². The van der Waals surface area contributed by atoms with Gasteiger partial charge in [-0.1, -0.05) is 41.5 Å². The average molecular weight is 293 g/mol.